The van der Waals surface area contributed by atoms with Crippen molar-refractivity contribution < 1.29 is 14.6 Å². The molecule has 0 amide bonds. The minimum absolute atomic E-state index is 0.150. The molecule has 116 valence electrons. The van der Waals surface area contributed by atoms with E-state index in [1.165, 1.54) is 20.0 Å². The van der Waals surface area contributed by atoms with Gasteiger partial charge in [-0.25, -0.2) is 0 Å². The summed E-state index contributed by atoms with van der Waals surface area (Å²) < 4.78 is 5.03. The van der Waals surface area contributed by atoms with Crippen LogP contribution in [0, 0.1) is 11.8 Å². The van der Waals surface area contributed by atoms with E-state index < -0.39 is 0 Å². The largest absolute Gasteiger partial charge is 0.508 e. The number of rotatable bonds is 5. The van der Waals surface area contributed by atoms with Crippen molar-refractivity contribution in [2.75, 3.05) is 7.11 Å². The van der Waals surface area contributed by atoms with Crippen LogP contribution in [0.2, 0.25) is 0 Å². The smallest absolute Gasteiger partial charge is 0.313 e. The minimum Gasteiger partial charge on any atom is -0.508 e. The van der Waals surface area contributed by atoms with Crippen LogP contribution in [0.5, 0.6) is 5.75 Å². The molecule has 0 aliphatic heterocycles. The van der Waals surface area contributed by atoms with Gasteiger partial charge in [0.05, 0.1) is 13.0 Å². The fraction of sp³-hybridized carbons (Fsp3) is 0.611. The lowest BCUT2D eigenvalue weighted by Crippen LogP contribution is -2.21. The maximum absolute atomic E-state index is 12.2. The third-order valence-corrected chi connectivity index (χ3v) is 4.42. The first-order valence-electron chi connectivity index (χ1n) is 7.92. The number of phenols is 1. The Labute approximate surface area is 127 Å². The van der Waals surface area contributed by atoms with Crippen molar-refractivity contribution in [2.45, 2.75) is 51.9 Å². The molecule has 1 N–H and O–H groups in total. The lowest BCUT2D eigenvalue weighted by Gasteiger charge is -2.22. The fourth-order valence-electron chi connectivity index (χ4n) is 3.42. The van der Waals surface area contributed by atoms with Crippen LogP contribution in [0.15, 0.2) is 18.2 Å². The predicted octanol–water partition coefficient (Wildman–Crippen LogP) is 4.04. The zero-order valence-electron chi connectivity index (χ0n) is 13.3. The molecule has 3 nitrogen and oxygen atoms in total. The van der Waals surface area contributed by atoms with E-state index in [1.807, 2.05) is 12.1 Å². The van der Waals surface area contributed by atoms with E-state index >= 15 is 0 Å². The quantitative estimate of drug-likeness (QED) is 0.833. The van der Waals surface area contributed by atoms with Crippen molar-refractivity contribution in [3.8, 4) is 5.75 Å². The maximum atomic E-state index is 12.2. The summed E-state index contributed by atoms with van der Waals surface area (Å²) in [5.74, 6) is 0.817. The summed E-state index contributed by atoms with van der Waals surface area (Å²) in [6.45, 7) is 4.25. The molecule has 2 rings (SSSR count). The number of benzene rings is 1. The second kappa shape index (κ2) is 6.97. The molecule has 1 aliphatic rings. The average Bonchev–Trinajstić information content (AvgIpc) is 2.95. The first-order valence-corrected chi connectivity index (χ1v) is 7.92. The van der Waals surface area contributed by atoms with E-state index in [9.17, 15) is 9.90 Å². The van der Waals surface area contributed by atoms with Gasteiger partial charge in [0, 0.05) is 0 Å². The molecule has 21 heavy (non-hydrogen) atoms. The fourth-order valence-corrected chi connectivity index (χ4v) is 3.42. The molecule has 3 heteroatoms. The van der Waals surface area contributed by atoms with Gasteiger partial charge in [-0.2, -0.15) is 0 Å². The Balaban J connectivity index is 2.32. The van der Waals surface area contributed by atoms with Crippen LogP contribution < -0.4 is 0 Å². The van der Waals surface area contributed by atoms with Gasteiger partial charge in [0.15, 0.2) is 0 Å². The monoisotopic (exact) mass is 290 g/mol. The van der Waals surface area contributed by atoms with Crippen molar-refractivity contribution in [1.29, 1.82) is 0 Å². The number of carbonyl (C=O) groups excluding carboxylic acids is 1. The number of phenolic OH excluding ortho intramolecular Hbond substituents is 1. The molecule has 0 aromatic heterocycles. The SMILES string of the molecule is COC(=O)C(c1ccc(O)c(CC(C)C)c1)C1CCCC1. The van der Waals surface area contributed by atoms with Crippen LogP contribution in [0.25, 0.3) is 0 Å². The molecule has 0 radical (unpaired) electrons. The topological polar surface area (TPSA) is 46.5 Å². The van der Waals surface area contributed by atoms with E-state index in [0.717, 1.165) is 30.4 Å². The van der Waals surface area contributed by atoms with Crippen molar-refractivity contribution in [2.24, 2.45) is 11.8 Å². The Morgan fingerprint density at radius 1 is 1.33 bits per heavy atom. The van der Waals surface area contributed by atoms with Gasteiger partial charge >= 0.3 is 5.97 Å². The third kappa shape index (κ3) is 3.78. The molecule has 0 saturated heterocycles. The van der Waals surface area contributed by atoms with Crippen LogP contribution in [-0.4, -0.2) is 18.2 Å². The van der Waals surface area contributed by atoms with Crippen molar-refractivity contribution >= 4 is 5.97 Å². The van der Waals surface area contributed by atoms with Crippen LogP contribution in [-0.2, 0) is 16.0 Å². The van der Waals surface area contributed by atoms with Crippen molar-refractivity contribution in [3.63, 3.8) is 0 Å². The van der Waals surface area contributed by atoms with E-state index in [1.54, 1.807) is 6.07 Å². The summed E-state index contributed by atoms with van der Waals surface area (Å²) in [6, 6.07) is 5.59. The van der Waals surface area contributed by atoms with E-state index in [0.29, 0.717) is 17.6 Å². The van der Waals surface area contributed by atoms with Crippen molar-refractivity contribution in [1.82, 2.24) is 0 Å². The lowest BCUT2D eigenvalue weighted by atomic mass is 9.83. The van der Waals surface area contributed by atoms with Gasteiger partial charge in [-0.3, -0.25) is 4.79 Å². The van der Waals surface area contributed by atoms with Gasteiger partial charge in [-0.15, -0.1) is 0 Å². The van der Waals surface area contributed by atoms with Crippen LogP contribution >= 0.6 is 0 Å². The van der Waals surface area contributed by atoms with E-state index in [2.05, 4.69) is 13.8 Å². The zero-order chi connectivity index (χ0) is 15.4. The Morgan fingerprint density at radius 3 is 2.57 bits per heavy atom. The minimum atomic E-state index is -0.191. The predicted molar refractivity (Wildman–Crippen MR) is 83.4 cm³/mol. The number of aromatic hydroxyl groups is 1. The Bertz CT molecular complexity index is 487. The molecule has 1 saturated carbocycles. The first-order chi connectivity index (χ1) is 10.0. The second-order valence-electron chi connectivity index (χ2n) is 6.53. The average molecular weight is 290 g/mol. The number of methoxy groups -OCH3 is 1. The molecular formula is C18H26O3. The highest BCUT2D eigenvalue weighted by molar-refractivity contribution is 5.78. The summed E-state index contributed by atoms with van der Waals surface area (Å²) in [4.78, 5) is 12.2. The van der Waals surface area contributed by atoms with Gasteiger partial charge < -0.3 is 9.84 Å². The van der Waals surface area contributed by atoms with Gasteiger partial charge in [-0.1, -0.05) is 38.8 Å². The first kappa shape index (κ1) is 15.9. The molecule has 0 bridgehead atoms. The summed E-state index contributed by atoms with van der Waals surface area (Å²) in [7, 11) is 1.46. The number of hydrogen-bond acceptors (Lipinski definition) is 3. The molecule has 1 aromatic carbocycles. The number of ether oxygens (including phenoxy) is 1. The summed E-state index contributed by atoms with van der Waals surface area (Å²) in [6.07, 6.45) is 5.36. The van der Waals surface area contributed by atoms with Gasteiger partial charge in [0.1, 0.15) is 5.75 Å². The number of esters is 1. The zero-order valence-corrected chi connectivity index (χ0v) is 13.3. The molecule has 1 atom stereocenters. The highest BCUT2D eigenvalue weighted by Gasteiger charge is 2.33. The summed E-state index contributed by atoms with van der Waals surface area (Å²) in [5, 5.41) is 10.0. The Hall–Kier alpha value is -1.51. The van der Waals surface area contributed by atoms with E-state index in [-0.39, 0.29) is 11.9 Å². The second-order valence-corrected chi connectivity index (χ2v) is 6.53. The van der Waals surface area contributed by atoms with E-state index in [4.69, 9.17) is 4.74 Å². The number of hydrogen-bond donors (Lipinski definition) is 1. The maximum Gasteiger partial charge on any atom is 0.313 e. The van der Waals surface area contributed by atoms with Crippen LogP contribution in [0.1, 0.15) is 56.6 Å². The van der Waals surface area contributed by atoms with Gasteiger partial charge in [-0.05, 0) is 48.3 Å². The van der Waals surface area contributed by atoms with Crippen molar-refractivity contribution in [3.05, 3.63) is 29.3 Å². The third-order valence-electron chi connectivity index (χ3n) is 4.42. The molecule has 0 heterocycles. The van der Waals surface area contributed by atoms with Crippen LogP contribution in [0.4, 0.5) is 0 Å². The normalized spacial score (nSPS) is 17.1. The standard InChI is InChI=1S/C18H26O3/c1-12(2)10-15-11-14(8-9-16(15)19)17(18(20)21-3)13-6-4-5-7-13/h8-9,11-13,17,19H,4-7,10H2,1-3H3. The Kier molecular flexibility index (Phi) is 5.27. The Morgan fingerprint density at radius 2 is 2.00 bits per heavy atom. The van der Waals surface area contributed by atoms with Crippen LogP contribution in [0.3, 0.4) is 0 Å². The highest BCUT2D eigenvalue weighted by Crippen LogP contribution is 2.39. The summed E-state index contributed by atoms with van der Waals surface area (Å²) in [5.41, 5.74) is 1.91. The van der Waals surface area contributed by atoms with Gasteiger partial charge in [0.25, 0.3) is 0 Å². The molecular weight excluding hydrogens is 264 g/mol. The number of carbonyl (C=O) groups is 1. The molecule has 1 fully saturated rings. The molecule has 1 unspecified atom stereocenters. The molecule has 1 aliphatic carbocycles. The molecule has 1 aromatic rings. The lowest BCUT2D eigenvalue weighted by molar-refractivity contribution is -0.143. The highest BCUT2D eigenvalue weighted by atomic mass is 16.5. The van der Waals surface area contributed by atoms with Gasteiger partial charge in [0.2, 0.25) is 0 Å². The summed E-state index contributed by atoms with van der Waals surface area (Å²) >= 11 is 0. The molecule has 0 spiro atoms.